The van der Waals surface area contributed by atoms with E-state index in [9.17, 15) is 0 Å². The van der Waals surface area contributed by atoms with E-state index in [0.717, 1.165) is 55.2 Å². The van der Waals surface area contributed by atoms with Gasteiger partial charge in [-0.2, -0.15) is 0 Å². The van der Waals surface area contributed by atoms with Crippen molar-refractivity contribution in [2.24, 2.45) is 0 Å². The molecule has 0 aliphatic heterocycles. The van der Waals surface area contributed by atoms with Crippen molar-refractivity contribution in [3.8, 4) is 22.9 Å². The summed E-state index contributed by atoms with van der Waals surface area (Å²) < 4.78 is 4.71. The van der Waals surface area contributed by atoms with E-state index in [4.69, 9.17) is 9.97 Å². The van der Waals surface area contributed by atoms with Gasteiger partial charge in [0.15, 0.2) is 0 Å². The molecular formula is C58H34N4. The zero-order chi connectivity index (χ0) is 40.5. The van der Waals surface area contributed by atoms with Gasteiger partial charge in [-0.15, -0.1) is 0 Å². The number of fused-ring (bicyclic) bond motifs is 18. The van der Waals surface area contributed by atoms with Crippen LogP contribution in [0.1, 0.15) is 0 Å². The molecule has 0 saturated carbocycles. The molecule has 0 bridgehead atoms. The van der Waals surface area contributed by atoms with Crippen LogP contribution in [-0.4, -0.2) is 19.1 Å². The van der Waals surface area contributed by atoms with Crippen molar-refractivity contribution >= 4 is 108 Å². The minimum atomic E-state index is 0.649. The number of aromatic nitrogens is 4. The molecule has 0 fully saturated rings. The topological polar surface area (TPSA) is 35.6 Å². The highest BCUT2D eigenvalue weighted by Crippen LogP contribution is 2.46. The van der Waals surface area contributed by atoms with Gasteiger partial charge in [0.2, 0.25) is 5.95 Å². The second-order valence-electron chi connectivity index (χ2n) is 16.5. The molecule has 0 aliphatic rings. The van der Waals surface area contributed by atoms with Crippen molar-refractivity contribution in [3.63, 3.8) is 0 Å². The molecule has 14 rings (SSSR count). The monoisotopic (exact) mass is 786 g/mol. The molecule has 3 heterocycles. The number of nitrogens with zero attached hydrogens (tertiary/aromatic N) is 4. The van der Waals surface area contributed by atoms with E-state index in [-0.39, 0.29) is 0 Å². The molecule has 286 valence electrons. The van der Waals surface area contributed by atoms with Crippen LogP contribution in [0.2, 0.25) is 0 Å². The summed E-state index contributed by atoms with van der Waals surface area (Å²) in [4.78, 5) is 11.3. The first-order valence-electron chi connectivity index (χ1n) is 21.3. The standard InChI is InChI=1S/C58H34N4/c1-2-16-38(17-3-1)61-50-25-13-12-23-44(50)48-34-37(28-32-51(48)61)56-54-39-18-6-4-14-35(39)27-31-49(54)59-58(60-56)62-52-33-30-46-43-22-9-8-20-41(43)42-21-10-11-24-45(42)53(46)55(52)47-29-26-36-15-5-7-19-40(36)57(47)62/h1-34H. The summed E-state index contributed by atoms with van der Waals surface area (Å²) in [6, 6.07) is 74.8. The Morgan fingerprint density at radius 2 is 0.871 bits per heavy atom. The molecule has 0 saturated heterocycles. The van der Waals surface area contributed by atoms with E-state index in [1.54, 1.807) is 0 Å². The number of rotatable bonds is 3. The van der Waals surface area contributed by atoms with E-state index in [2.05, 4.69) is 215 Å². The highest BCUT2D eigenvalue weighted by molar-refractivity contribution is 6.36. The van der Waals surface area contributed by atoms with Gasteiger partial charge >= 0.3 is 0 Å². The van der Waals surface area contributed by atoms with Crippen molar-refractivity contribution in [1.29, 1.82) is 0 Å². The first kappa shape index (κ1) is 33.5. The maximum atomic E-state index is 5.76. The van der Waals surface area contributed by atoms with E-state index in [1.807, 2.05) is 0 Å². The largest absolute Gasteiger partial charge is 0.309 e. The van der Waals surface area contributed by atoms with Gasteiger partial charge in [0, 0.05) is 49.0 Å². The Kier molecular flexibility index (Phi) is 6.80. The Balaban J connectivity index is 1.14. The molecule has 4 nitrogen and oxygen atoms in total. The number of benzene rings is 11. The van der Waals surface area contributed by atoms with E-state index in [0.29, 0.717) is 5.95 Å². The Morgan fingerprint density at radius 3 is 1.66 bits per heavy atom. The summed E-state index contributed by atoms with van der Waals surface area (Å²) in [5.41, 5.74) is 8.52. The summed E-state index contributed by atoms with van der Waals surface area (Å²) in [6.07, 6.45) is 0. The Bertz CT molecular complexity index is 4180. The molecular weight excluding hydrogens is 753 g/mol. The number of hydrogen-bond donors (Lipinski definition) is 0. The average Bonchev–Trinajstić information content (AvgIpc) is 3.87. The summed E-state index contributed by atoms with van der Waals surface area (Å²) >= 11 is 0. The van der Waals surface area contributed by atoms with E-state index >= 15 is 0 Å². The zero-order valence-electron chi connectivity index (χ0n) is 33.4. The molecule has 0 N–H and O–H groups in total. The van der Waals surface area contributed by atoms with Gasteiger partial charge in [-0.1, -0.05) is 164 Å². The minimum Gasteiger partial charge on any atom is -0.309 e. The maximum Gasteiger partial charge on any atom is 0.235 e. The van der Waals surface area contributed by atoms with Crippen LogP contribution in [0, 0.1) is 0 Å². The van der Waals surface area contributed by atoms with Crippen LogP contribution in [0.5, 0.6) is 0 Å². The van der Waals surface area contributed by atoms with Gasteiger partial charge in [-0.05, 0) is 85.6 Å². The van der Waals surface area contributed by atoms with Crippen LogP contribution in [0.25, 0.3) is 131 Å². The first-order chi connectivity index (χ1) is 30.8. The first-order valence-corrected chi connectivity index (χ1v) is 21.3. The van der Waals surface area contributed by atoms with E-state index < -0.39 is 0 Å². The van der Waals surface area contributed by atoms with Gasteiger partial charge in [-0.3, -0.25) is 4.57 Å². The SMILES string of the molecule is c1ccc(-n2c3ccccc3c3cc(-c4nc(-n5c6ccc7c8ccccc8c8ccccc8c7c6c6ccc7ccccc7c65)nc5ccc6ccccc6c45)ccc32)cc1. The predicted molar refractivity (Wildman–Crippen MR) is 261 cm³/mol. The maximum absolute atomic E-state index is 5.76. The zero-order valence-corrected chi connectivity index (χ0v) is 33.4. The normalized spacial score (nSPS) is 12.2. The van der Waals surface area contributed by atoms with Crippen LogP contribution in [-0.2, 0) is 0 Å². The fraction of sp³-hybridized carbons (Fsp3) is 0. The van der Waals surface area contributed by atoms with Gasteiger partial charge in [0.1, 0.15) is 0 Å². The summed E-state index contributed by atoms with van der Waals surface area (Å²) in [5, 5.41) is 18.0. The third-order valence-corrected chi connectivity index (χ3v) is 13.3. The molecule has 0 atom stereocenters. The lowest BCUT2D eigenvalue weighted by Crippen LogP contribution is -2.04. The van der Waals surface area contributed by atoms with Crippen LogP contribution in [0.3, 0.4) is 0 Å². The molecule has 0 amide bonds. The lowest BCUT2D eigenvalue weighted by molar-refractivity contribution is 1.02. The van der Waals surface area contributed by atoms with Gasteiger partial charge in [0.25, 0.3) is 0 Å². The smallest absolute Gasteiger partial charge is 0.235 e. The lowest BCUT2D eigenvalue weighted by Gasteiger charge is -2.15. The van der Waals surface area contributed by atoms with Crippen LogP contribution < -0.4 is 0 Å². The Labute approximate surface area is 355 Å². The second-order valence-corrected chi connectivity index (χ2v) is 16.5. The Hall–Kier alpha value is -8.34. The molecule has 0 unspecified atom stereocenters. The fourth-order valence-electron chi connectivity index (χ4n) is 10.6. The van der Waals surface area contributed by atoms with E-state index in [1.165, 1.54) is 70.2 Å². The summed E-state index contributed by atoms with van der Waals surface area (Å²) in [5.74, 6) is 0.649. The lowest BCUT2D eigenvalue weighted by atomic mass is 9.91. The third kappa shape index (κ3) is 4.55. The van der Waals surface area contributed by atoms with Crippen molar-refractivity contribution in [1.82, 2.24) is 19.1 Å². The second kappa shape index (κ2) is 12.6. The van der Waals surface area contributed by atoms with Crippen LogP contribution in [0.4, 0.5) is 0 Å². The van der Waals surface area contributed by atoms with Crippen molar-refractivity contribution < 1.29 is 0 Å². The molecule has 3 aromatic heterocycles. The van der Waals surface area contributed by atoms with Gasteiger partial charge in [0.05, 0.1) is 33.3 Å². The van der Waals surface area contributed by atoms with Crippen molar-refractivity contribution in [2.75, 3.05) is 0 Å². The number of para-hydroxylation sites is 2. The summed E-state index contributed by atoms with van der Waals surface area (Å²) in [6.45, 7) is 0. The molecule has 0 radical (unpaired) electrons. The van der Waals surface area contributed by atoms with Crippen molar-refractivity contribution in [2.45, 2.75) is 0 Å². The Morgan fingerprint density at radius 1 is 0.306 bits per heavy atom. The van der Waals surface area contributed by atoms with Crippen LogP contribution in [0.15, 0.2) is 206 Å². The van der Waals surface area contributed by atoms with Crippen LogP contribution >= 0.6 is 0 Å². The highest BCUT2D eigenvalue weighted by Gasteiger charge is 2.24. The highest BCUT2D eigenvalue weighted by atomic mass is 15.2. The predicted octanol–water partition coefficient (Wildman–Crippen LogP) is 15.3. The number of hydrogen-bond acceptors (Lipinski definition) is 2. The molecule has 0 spiro atoms. The molecule has 0 aliphatic carbocycles. The summed E-state index contributed by atoms with van der Waals surface area (Å²) in [7, 11) is 0. The van der Waals surface area contributed by atoms with Gasteiger partial charge < -0.3 is 4.57 Å². The molecule has 4 heteroatoms. The van der Waals surface area contributed by atoms with Gasteiger partial charge in [-0.25, -0.2) is 9.97 Å². The minimum absolute atomic E-state index is 0.649. The quantitative estimate of drug-likeness (QED) is 0.167. The molecule has 62 heavy (non-hydrogen) atoms. The average molecular weight is 787 g/mol. The van der Waals surface area contributed by atoms with Crippen molar-refractivity contribution in [3.05, 3.63) is 206 Å². The molecule has 14 aromatic rings. The third-order valence-electron chi connectivity index (χ3n) is 13.3. The molecule has 11 aromatic carbocycles. The fourth-order valence-corrected chi connectivity index (χ4v) is 10.6.